The van der Waals surface area contributed by atoms with Crippen molar-refractivity contribution in [2.24, 2.45) is 13.0 Å². The molecule has 8 nitrogen and oxygen atoms in total. The predicted molar refractivity (Wildman–Crippen MR) is 181 cm³/mol. The molecule has 0 aliphatic carbocycles. The molecule has 6 rings (SSSR count). The molecule has 2 aromatic heterocycles. The van der Waals surface area contributed by atoms with Crippen LogP contribution in [0.1, 0.15) is 25.1 Å². The molecule has 0 spiro atoms. The lowest BCUT2D eigenvalue weighted by molar-refractivity contribution is -0.113. The highest BCUT2D eigenvalue weighted by Gasteiger charge is 2.38. The summed E-state index contributed by atoms with van der Waals surface area (Å²) >= 11 is 6.86. The van der Waals surface area contributed by atoms with Crippen LogP contribution in [0.25, 0.3) is 28.7 Å². The number of nitrogens with zero attached hydrogens (tertiary/aromatic N) is 5. The monoisotopic (exact) mass is 621 g/mol. The lowest BCUT2D eigenvalue weighted by atomic mass is 10.1. The van der Waals surface area contributed by atoms with Crippen LogP contribution in [0.2, 0.25) is 0 Å². The minimum atomic E-state index is -0.346. The Kier molecular flexibility index (Phi) is 8.11. The van der Waals surface area contributed by atoms with E-state index >= 15 is 0 Å². The van der Waals surface area contributed by atoms with Crippen molar-refractivity contribution in [3.63, 3.8) is 0 Å². The fourth-order valence-corrected chi connectivity index (χ4v) is 6.28. The minimum Gasteiger partial charge on any atom is -0.493 e. The second kappa shape index (κ2) is 12.1. The number of ether oxygens (including phenoxy) is 1. The summed E-state index contributed by atoms with van der Waals surface area (Å²) in [5, 5.41) is 4.90. The molecular weight excluding hydrogens is 591 g/mol. The number of benzene rings is 3. The van der Waals surface area contributed by atoms with E-state index in [4.69, 9.17) is 22.1 Å². The standard InChI is InChI=1S/C34H31N5O3S2/c1-22(2)21-42-28-17-15-24(16-18-28)30-25(20-37(35-30)26-11-7-5-8-12-26)19-29-32(40)38(34(43)44-29)31-23(3)36(4)39(33(31)41)27-13-9-6-10-14-27/h5-20,22H,21H2,1-4H3/b29-19-. The number of carbonyl (C=O) groups is 1. The third-order valence-corrected chi connectivity index (χ3v) is 8.60. The Labute approximate surface area is 265 Å². The zero-order valence-electron chi connectivity index (χ0n) is 24.8. The molecule has 3 heterocycles. The number of anilines is 1. The number of para-hydroxylation sites is 2. The van der Waals surface area contributed by atoms with Crippen molar-refractivity contribution in [1.29, 1.82) is 0 Å². The summed E-state index contributed by atoms with van der Waals surface area (Å²) in [5.41, 5.74) is 4.49. The minimum absolute atomic E-state index is 0.249. The first kappa shape index (κ1) is 29.4. The number of rotatable bonds is 8. The summed E-state index contributed by atoms with van der Waals surface area (Å²) in [7, 11) is 1.80. The summed E-state index contributed by atoms with van der Waals surface area (Å²) in [6.45, 7) is 6.66. The van der Waals surface area contributed by atoms with E-state index in [2.05, 4.69) is 13.8 Å². The van der Waals surface area contributed by atoms with Gasteiger partial charge in [0.25, 0.3) is 11.5 Å². The fourth-order valence-electron chi connectivity index (χ4n) is 5.02. The topological polar surface area (TPSA) is 74.3 Å². The first-order valence-corrected chi connectivity index (χ1v) is 15.5. The Hall–Kier alpha value is -4.67. The van der Waals surface area contributed by atoms with Crippen LogP contribution in [0.5, 0.6) is 5.75 Å². The molecule has 1 aliphatic rings. The van der Waals surface area contributed by atoms with Crippen LogP contribution < -0.4 is 15.2 Å². The molecule has 0 saturated carbocycles. The van der Waals surface area contributed by atoms with E-state index in [-0.39, 0.29) is 17.2 Å². The smallest absolute Gasteiger partial charge is 0.296 e. The van der Waals surface area contributed by atoms with E-state index in [1.807, 2.05) is 98.0 Å². The van der Waals surface area contributed by atoms with Gasteiger partial charge in [-0.25, -0.2) is 9.36 Å². The number of hydrogen-bond donors (Lipinski definition) is 0. The van der Waals surface area contributed by atoms with Crippen molar-refractivity contribution in [3.8, 4) is 28.4 Å². The predicted octanol–water partition coefficient (Wildman–Crippen LogP) is 6.78. The van der Waals surface area contributed by atoms with Gasteiger partial charge in [-0.15, -0.1) is 0 Å². The molecule has 222 valence electrons. The average Bonchev–Trinajstić information content (AvgIpc) is 3.64. The van der Waals surface area contributed by atoms with E-state index in [1.165, 1.54) is 16.7 Å². The van der Waals surface area contributed by atoms with E-state index in [9.17, 15) is 9.59 Å². The van der Waals surface area contributed by atoms with E-state index in [0.717, 1.165) is 22.6 Å². The van der Waals surface area contributed by atoms with Crippen LogP contribution in [-0.4, -0.2) is 36.0 Å². The number of amides is 1. The van der Waals surface area contributed by atoms with Crippen LogP contribution in [0.15, 0.2) is 101 Å². The van der Waals surface area contributed by atoms with Crippen LogP contribution in [-0.2, 0) is 11.8 Å². The lowest BCUT2D eigenvalue weighted by Gasteiger charge is -2.12. The molecule has 1 fully saturated rings. The third-order valence-electron chi connectivity index (χ3n) is 7.30. The van der Waals surface area contributed by atoms with Gasteiger partial charge >= 0.3 is 0 Å². The van der Waals surface area contributed by atoms with Crippen molar-refractivity contribution in [1.82, 2.24) is 19.1 Å². The Morgan fingerprint density at radius 1 is 0.932 bits per heavy atom. The first-order valence-electron chi connectivity index (χ1n) is 14.2. The van der Waals surface area contributed by atoms with Crippen molar-refractivity contribution in [2.45, 2.75) is 20.8 Å². The van der Waals surface area contributed by atoms with Crippen molar-refractivity contribution < 1.29 is 9.53 Å². The van der Waals surface area contributed by atoms with E-state index < -0.39 is 0 Å². The summed E-state index contributed by atoms with van der Waals surface area (Å²) in [6.07, 6.45) is 3.70. The van der Waals surface area contributed by atoms with Gasteiger partial charge in [0, 0.05) is 24.4 Å². The maximum atomic E-state index is 13.9. The number of carbonyl (C=O) groups excluding carboxylic acids is 1. The molecule has 0 radical (unpaired) electrons. The Bertz CT molecular complexity index is 1940. The summed E-state index contributed by atoms with van der Waals surface area (Å²) in [5.74, 6) is 0.857. The molecule has 1 saturated heterocycles. The fraction of sp³-hybridized carbons (Fsp3) is 0.176. The molecule has 0 N–H and O–H groups in total. The van der Waals surface area contributed by atoms with Crippen LogP contribution in [0.3, 0.4) is 0 Å². The average molecular weight is 622 g/mol. The summed E-state index contributed by atoms with van der Waals surface area (Å²) in [4.78, 5) is 29.4. The van der Waals surface area contributed by atoms with Crippen molar-refractivity contribution in [2.75, 3.05) is 11.5 Å². The Balaban J connectivity index is 1.39. The molecule has 3 aromatic carbocycles. The van der Waals surface area contributed by atoms with E-state index in [0.29, 0.717) is 38.8 Å². The molecule has 5 aromatic rings. The highest BCUT2D eigenvalue weighted by Crippen LogP contribution is 2.38. The van der Waals surface area contributed by atoms with Crippen LogP contribution >= 0.6 is 24.0 Å². The zero-order chi connectivity index (χ0) is 31.0. The largest absolute Gasteiger partial charge is 0.493 e. The summed E-state index contributed by atoms with van der Waals surface area (Å²) in [6, 6.07) is 26.9. The molecule has 0 atom stereocenters. The summed E-state index contributed by atoms with van der Waals surface area (Å²) < 4.78 is 11.3. The molecule has 1 aliphatic heterocycles. The van der Waals surface area contributed by atoms with Crippen LogP contribution in [0.4, 0.5) is 5.69 Å². The number of thioether (sulfide) groups is 1. The second-order valence-corrected chi connectivity index (χ2v) is 12.5. The number of hydrogen-bond acceptors (Lipinski definition) is 6. The van der Waals surface area contributed by atoms with E-state index in [1.54, 1.807) is 27.2 Å². The quantitative estimate of drug-likeness (QED) is 0.141. The normalized spacial score (nSPS) is 14.3. The lowest BCUT2D eigenvalue weighted by Crippen LogP contribution is -2.33. The van der Waals surface area contributed by atoms with Gasteiger partial charge in [0.2, 0.25) is 0 Å². The van der Waals surface area contributed by atoms with Gasteiger partial charge in [0.15, 0.2) is 4.32 Å². The van der Waals surface area contributed by atoms with Gasteiger partial charge in [-0.1, -0.05) is 74.2 Å². The SMILES string of the molecule is Cc1c(N2C(=O)/C(=C/c3cn(-c4ccccc4)nc3-c3ccc(OCC(C)C)cc3)SC2=S)c(=O)n(-c2ccccc2)n1C. The van der Waals surface area contributed by atoms with Gasteiger partial charge in [0.05, 0.1) is 34.3 Å². The highest BCUT2D eigenvalue weighted by atomic mass is 32.2. The highest BCUT2D eigenvalue weighted by molar-refractivity contribution is 8.27. The maximum absolute atomic E-state index is 13.9. The third kappa shape index (κ3) is 5.54. The van der Waals surface area contributed by atoms with Crippen LogP contribution in [0, 0.1) is 12.8 Å². The first-order chi connectivity index (χ1) is 21.2. The van der Waals surface area contributed by atoms with Gasteiger partial charge in [0.1, 0.15) is 11.4 Å². The Morgan fingerprint density at radius 3 is 2.20 bits per heavy atom. The van der Waals surface area contributed by atoms with Gasteiger partial charge in [-0.05, 0) is 67.4 Å². The molecule has 0 unspecified atom stereocenters. The Morgan fingerprint density at radius 2 is 1.57 bits per heavy atom. The van der Waals surface area contributed by atoms with Gasteiger partial charge in [-0.3, -0.25) is 19.2 Å². The van der Waals surface area contributed by atoms with Gasteiger partial charge < -0.3 is 4.74 Å². The van der Waals surface area contributed by atoms with Crippen molar-refractivity contribution >= 4 is 46.0 Å². The second-order valence-electron chi connectivity index (χ2n) is 10.9. The zero-order valence-corrected chi connectivity index (χ0v) is 26.4. The molecule has 10 heteroatoms. The number of thiocarbonyl (C=S) groups is 1. The number of aromatic nitrogens is 4. The maximum Gasteiger partial charge on any atom is 0.296 e. The molecule has 1 amide bonds. The molecular formula is C34H31N5O3S2. The molecule has 0 bridgehead atoms. The van der Waals surface area contributed by atoms with Gasteiger partial charge in [-0.2, -0.15) is 5.10 Å². The molecule has 44 heavy (non-hydrogen) atoms. The van der Waals surface area contributed by atoms with Crippen molar-refractivity contribution in [3.05, 3.63) is 118 Å².